The van der Waals surface area contributed by atoms with E-state index in [4.69, 9.17) is 18.6 Å². The molecule has 2 aromatic heterocycles. The Kier molecular flexibility index (Phi) is 4.51. The van der Waals surface area contributed by atoms with Gasteiger partial charge in [-0.2, -0.15) is 0 Å². The number of halogens is 1. The molecular formula is C8H10ClN2O6S+. The minimum atomic E-state index is -4.19. The summed E-state index contributed by atoms with van der Waals surface area (Å²) in [6.07, 6.45) is 1.83. The van der Waals surface area contributed by atoms with Crippen LogP contribution in [0.15, 0.2) is 23.7 Å². The summed E-state index contributed by atoms with van der Waals surface area (Å²) in [6, 6.07) is 3.20. The van der Waals surface area contributed by atoms with Crippen molar-refractivity contribution in [3.8, 4) is 0 Å². The number of hydrogen-bond donors (Lipinski definition) is 3. The fraction of sp³-hybridized carbons (Fsp3) is 0.125. The third-order valence-electron chi connectivity index (χ3n) is 1.84. The summed E-state index contributed by atoms with van der Waals surface area (Å²) in [4.78, 5) is 11.0. The fourth-order valence-electron chi connectivity index (χ4n) is 1.21. The molecule has 100 valence electrons. The van der Waals surface area contributed by atoms with Gasteiger partial charge in [0.25, 0.3) is 0 Å². The van der Waals surface area contributed by atoms with Crippen molar-refractivity contribution in [3.05, 3.63) is 39.5 Å². The summed E-state index contributed by atoms with van der Waals surface area (Å²) >= 11 is 1.39. The van der Waals surface area contributed by atoms with Crippen LogP contribution in [0.2, 0.25) is 0 Å². The van der Waals surface area contributed by atoms with Gasteiger partial charge in [-0.3, -0.25) is 10.1 Å². The van der Waals surface area contributed by atoms with Gasteiger partial charge in [-0.05, 0) is 0 Å². The molecule has 2 rings (SSSR count). The van der Waals surface area contributed by atoms with Gasteiger partial charge < -0.3 is 0 Å². The van der Waals surface area contributed by atoms with Crippen LogP contribution in [-0.2, 0) is 0 Å². The Hall–Kier alpha value is -1.36. The second-order valence-electron chi connectivity index (χ2n) is 3.14. The summed E-state index contributed by atoms with van der Waals surface area (Å²) in [6.45, 7) is 1.92. The molecule has 0 saturated carbocycles. The molecule has 18 heavy (non-hydrogen) atoms. The molecule has 0 spiro atoms. The van der Waals surface area contributed by atoms with E-state index in [2.05, 4.69) is 0 Å². The first-order valence-corrected chi connectivity index (χ1v) is 6.59. The van der Waals surface area contributed by atoms with Crippen LogP contribution >= 0.6 is 11.3 Å². The van der Waals surface area contributed by atoms with E-state index < -0.39 is 10.2 Å². The van der Waals surface area contributed by atoms with Gasteiger partial charge in [-0.15, -0.1) is 4.40 Å². The van der Waals surface area contributed by atoms with Gasteiger partial charge in [0.15, 0.2) is 11.9 Å². The Bertz CT molecular complexity index is 560. The van der Waals surface area contributed by atoms with Crippen molar-refractivity contribution >= 4 is 21.9 Å². The Labute approximate surface area is 107 Å². The fourth-order valence-corrected chi connectivity index (χ4v) is 2.19. The SMILES string of the molecule is Cc1csc2c([N+](=O)[O-])ccc[n+]12.[O-][Cl+](O)(O)O. The van der Waals surface area contributed by atoms with Crippen molar-refractivity contribution in [2.45, 2.75) is 6.92 Å². The third-order valence-corrected chi connectivity index (χ3v) is 2.93. The van der Waals surface area contributed by atoms with E-state index >= 15 is 0 Å². The standard InChI is InChI=1S/C8H7N2O2S.ClH3O4/c1-6-5-13-8-7(10(11)12)3-2-4-9(6)8;2-1(3,4)5/h2-5H,1H3;2-4H/q+1;. The summed E-state index contributed by atoms with van der Waals surface area (Å²) in [5.41, 5.74) is 1.18. The van der Waals surface area contributed by atoms with Crippen LogP contribution in [0.25, 0.3) is 4.83 Å². The maximum atomic E-state index is 10.6. The van der Waals surface area contributed by atoms with Gasteiger partial charge in [-0.1, -0.05) is 11.3 Å². The summed E-state index contributed by atoms with van der Waals surface area (Å²) in [5, 5.41) is 12.5. The molecule has 0 fully saturated rings. The molecule has 10 heteroatoms. The number of nitrogens with zero attached hydrogens (tertiary/aromatic N) is 2. The van der Waals surface area contributed by atoms with Crippen LogP contribution < -0.4 is 9.06 Å². The number of nitro groups is 1. The van der Waals surface area contributed by atoms with Gasteiger partial charge in [0.05, 0.1) is 10.3 Å². The number of pyridine rings is 1. The molecule has 0 aliphatic rings. The molecule has 0 radical (unpaired) electrons. The second kappa shape index (κ2) is 5.52. The number of thiazole rings is 1. The molecule has 0 aromatic carbocycles. The molecule has 8 nitrogen and oxygen atoms in total. The number of aryl methyl sites for hydroxylation is 1. The Morgan fingerprint density at radius 2 is 2.00 bits per heavy atom. The monoisotopic (exact) mass is 297 g/mol. The van der Waals surface area contributed by atoms with E-state index in [-0.39, 0.29) is 10.6 Å². The predicted octanol–water partition coefficient (Wildman–Crippen LogP) is -1.16. The number of hydrogen-bond acceptors (Lipinski definition) is 7. The summed E-state index contributed by atoms with van der Waals surface area (Å²) in [7, 11) is -4.19. The van der Waals surface area contributed by atoms with E-state index in [1.165, 1.54) is 17.4 Å². The number of aromatic nitrogens is 1. The molecule has 0 atom stereocenters. The molecule has 0 bridgehead atoms. The average molecular weight is 298 g/mol. The van der Waals surface area contributed by atoms with Crippen LogP contribution in [0, 0.1) is 27.3 Å². The Morgan fingerprint density at radius 1 is 1.44 bits per heavy atom. The topological polar surface area (TPSA) is 131 Å². The zero-order valence-electron chi connectivity index (χ0n) is 9.06. The van der Waals surface area contributed by atoms with Crippen molar-refractivity contribution < 1.29 is 38.2 Å². The van der Waals surface area contributed by atoms with Crippen LogP contribution in [-0.4, -0.2) is 18.9 Å². The van der Waals surface area contributed by atoms with E-state index in [1.54, 1.807) is 6.07 Å². The zero-order chi connectivity index (χ0) is 13.9. The molecule has 2 heterocycles. The molecule has 0 aliphatic heterocycles. The predicted molar refractivity (Wildman–Crippen MR) is 55.5 cm³/mol. The molecule has 0 amide bonds. The summed E-state index contributed by atoms with van der Waals surface area (Å²) in [5.74, 6) is 0. The number of rotatable bonds is 1. The van der Waals surface area contributed by atoms with Crippen molar-refractivity contribution in [1.29, 1.82) is 0 Å². The van der Waals surface area contributed by atoms with Gasteiger partial charge in [0.2, 0.25) is 0 Å². The maximum absolute atomic E-state index is 10.6. The first-order chi connectivity index (χ1) is 8.20. The van der Waals surface area contributed by atoms with Gasteiger partial charge >= 0.3 is 39.4 Å². The van der Waals surface area contributed by atoms with E-state index in [9.17, 15) is 10.1 Å². The molecule has 2 aromatic rings. The van der Waals surface area contributed by atoms with Crippen molar-refractivity contribution in [3.63, 3.8) is 0 Å². The van der Waals surface area contributed by atoms with E-state index in [0.29, 0.717) is 4.83 Å². The van der Waals surface area contributed by atoms with E-state index in [1.807, 2.05) is 22.9 Å². The molecule has 0 unspecified atom stereocenters. The first-order valence-electron chi connectivity index (χ1n) is 4.39. The molecular weight excluding hydrogens is 288 g/mol. The van der Waals surface area contributed by atoms with Crippen LogP contribution in [0.4, 0.5) is 5.69 Å². The third kappa shape index (κ3) is 4.14. The minimum absolute atomic E-state index is 0.167. The molecule has 0 saturated heterocycles. The first kappa shape index (κ1) is 14.7. The quantitative estimate of drug-likeness (QED) is 0.346. The van der Waals surface area contributed by atoms with Crippen molar-refractivity contribution in [1.82, 2.24) is 0 Å². The Morgan fingerprint density at radius 3 is 2.50 bits per heavy atom. The van der Waals surface area contributed by atoms with Crippen LogP contribution in [0.5, 0.6) is 0 Å². The van der Waals surface area contributed by atoms with Gasteiger partial charge in [0.1, 0.15) is 0 Å². The van der Waals surface area contributed by atoms with Gasteiger partial charge in [-0.25, -0.2) is 0 Å². The van der Waals surface area contributed by atoms with Crippen molar-refractivity contribution in [2.24, 2.45) is 0 Å². The van der Waals surface area contributed by atoms with Gasteiger partial charge in [0, 0.05) is 19.1 Å². The van der Waals surface area contributed by atoms with Crippen molar-refractivity contribution in [2.75, 3.05) is 0 Å². The Balaban J connectivity index is 0.000000280. The van der Waals surface area contributed by atoms with E-state index in [0.717, 1.165) is 5.69 Å². The molecule has 3 N–H and O–H groups in total. The van der Waals surface area contributed by atoms with Crippen LogP contribution in [0.3, 0.4) is 0 Å². The normalized spacial score (nSPS) is 11.8. The summed E-state index contributed by atoms with van der Waals surface area (Å²) < 4.78 is 32.0. The second-order valence-corrected chi connectivity index (χ2v) is 4.86. The number of fused-ring (bicyclic) bond motifs is 1. The zero-order valence-corrected chi connectivity index (χ0v) is 10.6. The average Bonchev–Trinajstić information content (AvgIpc) is 2.58. The molecule has 0 aliphatic carbocycles. The van der Waals surface area contributed by atoms with Crippen LogP contribution in [0.1, 0.15) is 5.69 Å².